The number of phenols is 1. The van der Waals surface area contributed by atoms with Crippen molar-refractivity contribution < 1.29 is 37.5 Å². The van der Waals surface area contributed by atoms with Gasteiger partial charge in [-0.2, -0.15) is 18.2 Å². The largest absolute Gasteiger partial charge is 0.507 e. The molecule has 8 nitrogen and oxygen atoms in total. The lowest BCUT2D eigenvalue weighted by molar-refractivity contribution is -0.141. The molecule has 7 rings (SSSR count). The fraction of sp³-hybridized carbons (Fsp3) is 0.265. The monoisotopic (exact) mass is 647 g/mol. The van der Waals surface area contributed by atoms with Crippen molar-refractivity contribution in [1.29, 1.82) is 0 Å². The first-order valence-electron chi connectivity index (χ1n) is 14.6. The van der Waals surface area contributed by atoms with Crippen LogP contribution in [0.3, 0.4) is 0 Å². The number of amides is 2. The Kier molecular flexibility index (Phi) is 6.75. The SMILES string of the molecule is CC1=CC(=O)C2=C(C1=O)[C@@H](c1ccc3ccccc3c1O)C1=CC[C@@H]3C(=O)N(N(C)c4nc(C(F)(F)F)ccc4Cl)C(=O)[C@@H]3[C@@H]1C2. The number of ketones is 2. The maximum absolute atomic E-state index is 14.2. The Morgan fingerprint density at radius 3 is 2.48 bits per heavy atom. The van der Waals surface area contributed by atoms with Gasteiger partial charge in [0.2, 0.25) is 0 Å². The van der Waals surface area contributed by atoms with Gasteiger partial charge in [-0.25, -0.2) is 4.98 Å². The molecule has 0 saturated carbocycles. The van der Waals surface area contributed by atoms with E-state index in [-0.39, 0.29) is 51.9 Å². The molecular weight excluding hydrogens is 623 g/mol. The van der Waals surface area contributed by atoms with Gasteiger partial charge >= 0.3 is 6.18 Å². The minimum absolute atomic E-state index is 0.000664. The number of halogens is 4. The predicted octanol–water partition coefficient (Wildman–Crippen LogP) is 6.09. The molecule has 2 aromatic carbocycles. The molecular formula is C34H25ClF3N3O5. The summed E-state index contributed by atoms with van der Waals surface area (Å²) < 4.78 is 40.4. The molecule has 3 aromatic rings. The van der Waals surface area contributed by atoms with Crippen molar-refractivity contribution in [1.82, 2.24) is 9.99 Å². The smallest absolute Gasteiger partial charge is 0.433 e. The topological polar surface area (TPSA) is 108 Å². The number of nitrogens with zero attached hydrogens (tertiary/aromatic N) is 3. The summed E-state index contributed by atoms with van der Waals surface area (Å²) in [6.45, 7) is 1.55. The first-order chi connectivity index (χ1) is 21.8. The van der Waals surface area contributed by atoms with Crippen LogP contribution in [-0.2, 0) is 25.4 Å². The molecule has 0 radical (unpaired) electrons. The summed E-state index contributed by atoms with van der Waals surface area (Å²) in [6.07, 6.45) is -1.64. The zero-order chi connectivity index (χ0) is 32.8. The molecule has 12 heteroatoms. The number of aromatic nitrogens is 1. The number of hydrogen-bond acceptors (Lipinski definition) is 7. The number of phenolic OH excluding ortho intramolecular Hbond substituents is 1. The number of rotatable bonds is 3. The van der Waals surface area contributed by atoms with Crippen LogP contribution in [0, 0.1) is 17.8 Å². The van der Waals surface area contributed by atoms with E-state index in [1.165, 1.54) is 13.1 Å². The quantitative estimate of drug-likeness (QED) is 0.208. The van der Waals surface area contributed by atoms with Crippen LogP contribution in [0.15, 0.2) is 83.0 Å². The third-order valence-electron chi connectivity index (χ3n) is 9.51. The zero-order valence-corrected chi connectivity index (χ0v) is 25.2. The number of hydrogen-bond donors (Lipinski definition) is 1. The maximum Gasteiger partial charge on any atom is 0.433 e. The lowest BCUT2D eigenvalue weighted by Crippen LogP contribution is -2.46. The average Bonchev–Trinajstić information content (AvgIpc) is 3.28. The van der Waals surface area contributed by atoms with Crippen molar-refractivity contribution >= 4 is 51.6 Å². The molecule has 1 aliphatic heterocycles. The molecule has 0 unspecified atom stereocenters. The molecule has 3 aliphatic carbocycles. The van der Waals surface area contributed by atoms with Gasteiger partial charge in [0.1, 0.15) is 11.4 Å². The highest BCUT2D eigenvalue weighted by atomic mass is 35.5. The van der Waals surface area contributed by atoms with E-state index in [1.807, 2.05) is 18.2 Å². The van der Waals surface area contributed by atoms with Crippen molar-refractivity contribution in [3.8, 4) is 5.75 Å². The second-order valence-electron chi connectivity index (χ2n) is 12.0. The third kappa shape index (κ3) is 4.32. The Balaban J connectivity index is 1.34. The number of aromatic hydroxyl groups is 1. The van der Waals surface area contributed by atoms with Crippen LogP contribution in [0.4, 0.5) is 19.0 Å². The Labute approximate surface area is 265 Å². The van der Waals surface area contributed by atoms with Gasteiger partial charge in [-0.3, -0.25) is 24.2 Å². The molecule has 4 aliphatic rings. The van der Waals surface area contributed by atoms with Gasteiger partial charge in [0.15, 0.2) is 17.4 Å². The highest BCUT2D eigenvalue weighted by Crippen LogP contribution is 2.56. The number of pyridine rings is 1. The van der Waals surface area contributed by atoms with Crippen molar-refractivity contribution in [2.75, 3.05) is 12.1 Å². The lowest BCUT2D eigenvalue weighted by atomic mass is 9.59. The summed E-state index contributed by atoms with van der Waals surface area (Å²) in [5, 5.41) is 14.3. The minimum Gasteiger partial charge on any atom is -0.507 e. The van der Waals surface area contributed by atoms with Gasteiger partial charge in [-0.1, -0.05) is 59.6 Å². The third-order valence-corrected chi connectivity index (χ3v) is 9.80. The summed E-state index contributed by atoms with van der Waals surface area (Å²) in [7, 11) is 1.24. The summed E-state index contributed by atoms with van der Waals surface area (Å²) in [4.78, 5) is 58.7. The number of carbonyl (C=O) groups is 4. The van der Waals surface area contributed by atoms with Gasteiger partial charge in [0.05, 0.1) is 16.9 Å². The zero-order valence-electron chi connectivity index (χ0n) is 24.4. The molecule has 1 aromatic heterocycles. The van der Waals surface area contributed by atoms with Crippen LogP contribution in [0.1, 0.15) is 36.9 Å². The van der Waals surface area contributed by atoms with E-state index < -0.39 is 53.2 Å². The summed E-state index contributed by atoms with van der Waals surface area (Å²) in [5.74, 6) is -5.99. The molecule has 4 atom stereocenters. The fourth-order valence-corrected chi connectivity index (χ4v) is 7.64. The first-order valence-corrected chi connectivity index (χ1v) is 14.9. The van der Waals surface area contributed by atoms with Gasteiger partial charge < -0.3 is 5.11 Å². The van der Waals surface area contributed by atoms with Crippen molar-refractivity contribution in [3.63, 3.8) is 0 Å². The highest BCUT2D eigenvalue weighted by molar-refractivity contribution is 6.33. The number of alkyl halides is 3. The Hall–Kier alpha value is -4.77. The predicted molar refractivity (Wildman–Crippen MR) is 161 cm³/mol. The second-order valence-corrected chi connectivity index (χ2v) is 12.4. The standard InChI is InChI=1S/C34H25ClF3N3O5/c1-15-13-24(42)22-14-21-18(26(28(22)29(15)43)19-8-7-16-5-3-4-6-17(16)30(19)44)9-10-20-27(21)33(46)41(32(20)45)40(2)31-23(35)11-12-25(39-31)34(36,37)38/h3-9,11-13,20-21,26-27,44H,10,14H2,1-2H3/t20-,21+,26+,27-/m0/s1. The summed E-state index contributed by atoms with van der Waals surface area (Å²) in [5.41, 5.74) is 0.484. The molecule has 0 spiro atoms. The van der Waals surface area contributed by atoms with E-state index in [9.17, 15) is 37.5 Å². The van der Waals surface area contributed by atoms with Crippen LogP contribution in [0.25, 0.3) is 10.8 Å². The van der Waals surface area contributed by atoms with E-state index in [1.54, 1.807) is 31.2 Å². The molecule has 2 amide bonds. The number of fused-ring (bicyclic) bond motifs is 4. The Morgan fingerprint density at radius 2 is 1.74 bits per heavy atom. The molecule has 234 valence electrons. The van der Waals surface area contributed by atoms with Crippen LogP contribution in [0.2, 0.25) is 5.02 Å². The number of hydrazine groups is 1. The molecule has 2 heterocycles. The van der Waals surface area contributed by atoms with Gasteiger partial charge in [0.25, 0.3) is 11.8 Å². The molecule has 1 saturated heterocycles. The van der Waals surface area contributed by atoms with Crippen LogP contribution in [-0.4, -0.2) is 45.5 Å². The normalized spacial score (nSPS) is 24.5. The Bertz CT molecular complexity index is 2020. The van der Waals surface area contributed by atoms with E-state index >= 15 is 0 Å². The van der Waals surface area contributed by atoms with Gasteiger partial charge in [-0.05, 0) is 49.3 Å². The number of anilines is 1. The van der Waals surface area contributed by atoms with Crippen LogP contribution in [0.5, 0.6) is 5.75 Å². The maximum atomic E-state index is 14.2. The average molecular weight is 648 g/mol. The highest BCUT2D eigenvalue weighted by Gasteiger charge is 2.58. The lowest BCUT2D eigenvalue weighted by Gasteiger charge is -2.42. The number of imide groups is 1. The van der Waals surface area contributed by atoms with Gasteiger partial charge in [-0.15, -0.1) is 0 Å². The number of allylic oxidation sites excluding steroid dienone is 6. The van der Waals surface area contributed by atoms with Crippen LogP contribution >= 0.6 is 11.6 Å². The van der Waals surface area contributed by atoms with E-state index in [0.717, 1.165) is 21.5 Å². The minimum atomic E-state index is -4.79. The van der Waals surface area contributed by atoms with Crippen LogP contribution < -0.4 is 5.01 Å². The summed E-state index contributed by atoms with van der Waals surface area (Å²) in [6, 6.07) is 12.4. The summed E-state index contributed by atoms with van der Waals surface area (Å²) >= 11 is 6.20. The molecule has 1 N–H and O–H groups in total. The van der Waals surface area contributed by atoms with E-state index in [4.69, 9.17) is 11.6 Å². The molecule has 46 heavy (non-hydrogen) atoms. The van der Waals surface area contributed by atoms with Gasteiger partial charge in [0, 0.05) is 40.6 Å². The molecule has 0 bridgehead atoms. The fourth-order valence-electron chi connectivity index (χ4n) is 7.41. The Morgan fingerprint density at radius 1 is 1.00 bits per heavy atom. The number of benzene rings is 2. The molecule has 1 fully saturated rings. The number of carbonyl (C=O) groups excluding carboxylic acids is 4. The van der Waals surface area contributed by atoms with Crippen molar-refractivity contribution in [3.05, 3.63) is 99.3 Å². The van der Waals surface area contributed by atoms with Crippen molar-refractivity contribution in [2.24, 2.45) is 17.8 Å². The number of Topliss-reactive ketones (excluding diaryl/α,β-unsaturated/α-hetero) is 1. The first kappa shape index (κ1) is 29.9. The second kappa shape index (κ2) is 10.4. The van der Waals surface area contributed by atoms with Crippen molar-refractivity contribution in [2.45, 2.75) is 31.9 Å². The van der Waals surface area contributed by atoms with E-state index in [0.29, 0.717) is 22.6 Å². The van der Waals surface area contributed by atoms with E-state index in [2.05, 4.69) is 4.98 Å².